The fraction of sp³-hybridized carbons (Fsp3) is 0.889. The third-order valence-corrected chi connectivity index (χ3v) is 0.933. The largest absolute Gasteiger partial charge is 0.508 e. The fourth-order valence-corrected chi connectivity index (χ4v) is 0.481. The Morgan fingerprint density at radius 3 is 1.38 bits per heavy atom. The van der Waals surface area contributed by atoms with Crippen molar-refractivity contribution in [3.8, 4) is 0 Å². The van der Waals surface area contributed by atoms with E-state index in [1.54, 1.807) is 13.8 Å². The standard InChI is InChI=1S/C5H10O3.C4H10O/c1-3-7-5(6)8-4-2;1-3-5-4-2/h3-4H2,1-2H3;3-4H2,1-2H3. The van der Waals surface area contributed by atoms with Gasteiger partial charge in [-0.3, -0.25) is 0 Å². The molecule has 0 aromatic heterocycles. The third kappa shape index (κ3) is 18.3. The van der Waals surface area contributed by atoms with E-state index in [1.807, 2.05) is 13.8 Å². The van der Waals surface area contributed by atoms with Crippen LogP contribution in [0.2, 0.25) is 0 Å². The topological polar surface area (TPSA) is 44.8 Å². The highest BCUT2D eigenvalue weighted by Gasteiger charge is 1.96. The first kappa shape index (κ1) is 14.7. The van der Waals surface area contributed by atoms with Crippen molar-refractivity contribution in [3.05, 3.63) is 0 Å². The maximum absolute atomic E-state index is 10.2. The summed E-state index contributed by atoms with van der Waals surface area (Å²) in [6.07, 6.45) is -0.588. The van der Waals surface area contributed by atoms with Crippen LogP contribution in [0, 0.1) is 0 Å². The molecule has 13 heavy (non-hydrogen) atoms. The lowest BCUT2D eigenvalue weighted by molar-refractivity contribution is 0.0630. The minimum absolute atomic E-state index is 0.374. The van der Waals surface area contributed by atoms with Crippen LogP contribution in [0.3, 0.4) is 0 Å². The molecule has 0 heterocycles. The summed E-state index contributed by atoms with van der Waals surface area (Å²) in [7, 11) is 0. The molecule has 0 unspecified atom stereocenters. The second kappa shape index (κ2) is 13.8. The molecule has 0 bridgehead atoms. The van der Waals surface area contributed by atoms with Crippen LogP contribution in [0.25, 0.3) is 0 Å². The Morgan fingerprint density at radius 2 is 1.23 bits per heavy atom. The minimum Gasteiger partial charge on any atom is -0.435 e. The normalized spacial score (nSPS) is 8.31. The molecule has 0 saturated heterocycles. The Kier molecular flexibility index (Phi) is 15.6. The summed E-state index contributed by atoms with van der Waals surface area (Å²) in [5, 5.41) is 0. The number of carbonyl (C=O) groups is 1. The van der Waals surface area contributed by atoms with Crippen LogP contribution in [0.5, 0.6) is 0 Å². The molecule has 0 aliphatic carbocycles. The molecule has 80 valence electrons. The Balaban J connectivity index is 0. The van der Waals surface area contributed by atoms with Gasteiger partial charge in [-0.2, -0.15) is 0 Å². The fourth-order valence-electron chi connectivity index (χ4n) is 0.481. The molecule has 0 aliphatic rings. The summed E-state index contributed by atoms with van der Waals surface area (Å²) in [5.74, 6) is 0. The predicted molar refractivity (Wildman–Crippen MR) is 50.8 cm³/mol. The van der Waals surface area contributed by atoms with Gasteiger partial charge in [-0.25, -0.2) is 4.79 Å². The molecule has 0 fully saturated rings. The molecule has 0 spiro atoms. The van der Waals surface area contributed by atoms with Gasteiger partial charge in [0, 0.05) is 13.2 Å². The van der Waals surface area contributed by atoms with E-state index in [0.717, 1.165) is 13.2 Å². The van der Waals surface area contributed by atoms with Crippen LogP contribution in [0.4, 0.5) is 4.79 Å². The Hall–Kier alpha value is -0.770. The highest BCUT2D eigenvalue weighted by molar-refractivity contribution is 5.59. The number of hydrogen-bond donors (Lipinski definition) is 0. The van der Waals surface area contributed by atoms with E-state index >= 15 is 0 Å². The zero-order valence-corrected chi connectivity index (χ0v) is 8.96. The molecule has 0 aromatic carbocycles. The van der Waals surface area contributed by atoms with Crippen molar-refractivity contribution in [1.82, 2.24) is 0 Å². The maximum atomic E-state index is 10.2. The lowest BCUT2D eigenvalue weighted by Crippen LogP contribution is -2.05. The first-order chi connectivity index (χ1) is 6.22. The van der Waals surface area contributed by atoms with Gasteiger partial charge in [-0.1, -0.05) is 0 Å². The zero-order valence-electron chi connectivity index (χ0n) is 8.96. The molecule has 0 atom stereocenters. The van der Waals surface area contributed by atoms with Gasteiger partial charge >= 0.3 is 6.16 Å². The van der Waals surface area contributed by atoms with Crippen LogP contribution >= 0.6 is 0 Å². The molecule has 0 radical (unpaired) electrons. The molecule has 0 aromatic rings. The monoisotopic (exact) mass is 192 g/mol. The second-order valence-corrected chi connectivity index (χ2v) is 1.90. The van der Waals surface area contributed by atoms with Gasteiger partial charge in [0.25, 0.3) is 0 Å². The molecule has 0 amide bonds. The highest BCUT2D eigenvalue weighted by atomic mass is 16.7. The number of hydrogen-bond acceptors (Lipinski definition) is 4. The van der Waals surface area contributed by atoms with Gasteiger partial charge in [0.2, 0.25) is 0 Å². The molecule has 0 N–H and O–H groups in total. The molecule has 0 rings (SSSR count). The van der Waals surface area contributed by atoms with Crippen molar-refractivity contribution < 1.29 is 19.0 Å². The van der Waals surface area contributed by atoms with E-state index in [2.05, 4.69) is 9.47 Å². The number of ether oxygens (including phenoxy) is 3. The van der Waals surface area contributed by atoms with Crippen LogP contribution in [0.1, 0.15) is 27.7 Å². The summed E-state index contributed by atoms with van der Waals surface area (Å²) < 4.78 is 13.7. The van der Waals surface area contributed by atoms with Gasteiger partial charge in [-0.15, -0.1) is 0 Å². The maximum Gasteiger partial charge on any atom is 0.508 e. The Morgan fingerprint density at radius 1 is 0.846 bits per heavy atom. The lowest BCUT2D eigenvalue weighted by atomic mass is 10.8. The third-order valence-electron chi connectivity index (χ3n) is 0.933. The average molecular weight is 192 g/mol. The van der Waals surface area contributed by atoms with Crippen LogP contribution in [-0.4, -0.2) is 32.6 Å². The van der Waals surface area contributed by atoms with Gasteiger partial charge < -0.3 is 14.2 Å². The van der Waals surface area contributed by atoms with E-state index in [9.17, 15) is 4.79 Å². The Labute approximate surface area is 80.2 Å². The highest BCUT2D eigenvalue weighted by Crippen LogP contribution is 1.81. The van der Waals surface area contributed by atoms with Crippen LogP contribution in [-0.2, 0) is 14.2 Å². The van der Waals surface area contributed by atoms with Crippen molar-refractivity contribution in [2.75, 3.05) is 26.4 Å². The van der Waals surface area contributed by atoms with E-state index in [-0.39, 0.29) is 0 Å². The summed E-state index contributed by atoms with van der Waals surface area (Å²) in [4.78, 5) is 10.2. The average Bonchev–Trinajstić information content (AvgIpc) is 2.08. The number of carbonyl (C=O) groups excluding carboxylic acids is 1. The zero-order chi connectivity index (χ0) is 10.5. The quantitative estimate of drug-likeness (QED) is 0.641. The van der Waals surface area contributed by atoms with Crippen molar-refractivity contribution >= 4 is 6.16 Å². The van der Waals surface area contributed by atoms with Crippen LogP contribution < -0.4 is 0 Å². The second-order valence-electron chi connectivity index (χ2n) is 1.90. The molecule has 4 nitrogen and oxygen atoms in total. The van der Waals surface area contributed by atoms with Gasteiger partial charge in [0.15, 0.2) is 0 Å². The SMILES string of the molecule is CCOC(=O)OCC.CCOCC. The summed E-state index contributed by atoms with van der Waals surface area (Å²) in [6, 6.07) is 0. The molecule has 0 aliphatic heterocycles. The molecular weight excluding hydrogens is 172 g/mol. The van der Waals surface area contributed by atoms with E-state index < -0.39 is 6.16 Å². The molecular formula is C9H20O4. The van der Waals surface area contributed by atoms with Crippen molar-refractivity contribution in [1.29, 1.82) is 0 Å². The first-order valence-electron chi connectivity index (χ1n) is 4.60. The molecule has 0 saturated carbocycles. The van der Waals surface area contributed by atoms with Gasteiger partial charge in [-0.05, 0) is 27.7 Å². The minimum atomic E-state index is -0.588. The van der Waals surface area contributed by atoms with E-state index in [1.165, 1.54) is 0 Å². The van der Waals surface area contributed by atoms with Gasteiger partial charge in [0.1, 0.15) is 0 Å². The number of rotatable bonds is 4. The van der Waals surface area contributed by atoms with Gasteiger partial charge in [0.05, 0.1) is 13.2 Å². The van der Waals surface area contributed by atoms with E-state index in [0.29, 0.717) is 13.2 Å². The molecule has 4 heteroatoms. The predicted octanol–water partition coefficient (Wildman–Crippen LogP) is 2.22. The van der Waals surface area contributed by atoms with Crippen molar-refractivity contribution in [2.24, 2.45) is 0 Å². The Bertz CT molecular complexity index is 93.8. The first-order valence-corrected chi connectivity index (χ1v) is 4.60. The van der Waals surface area contributed by atoms with Crippen LogP contribution in [0.15, 0.2) is 0 Å². The lowest BCUT2D eigenvalue weighted by Gasteiger charge is -1.98. The van der Waals surface area contributed by atoms with Crippen molar-refractivity contribution in [3.63, 3.8) is 0 Å². The smallest absolute Gasteiger partial charge is 0.435 e. The summed E-state index contributed by atoms with van der Waals surface area (Å²) in [5.41, 5.74) is 0. The summed E-state index contributed by atoms with van der Waals surface area (Å²) >= 11 is 0. The van der Waals surface area contributed by atoms with E-state index in [4.69, 9.17) is 4.74 Å². The van der Waals surface area contributed by atoms with Crippen molar-refractivity contribution in [2.45, 2.75) is 27.7 Å². The summed E-state index contributed by atoms with van der Waals surface area (Å²) in [6.45, 7) is 9.88.